The summed E-state index contributed by atoms with van der Waals surface area (Å²) in [4.78, 5) is 13.0. The van der Waals surface area contributed by atoms with Crippen LogP contribution in [0.1, 0.15) is 62.5 Å². The van der Waals surface area contributed by atoms with Gasteiger partial charge in [-0.25, -0.2) is 0 Å². The van der Waals surface area contributed by atoms with Gasteiger partial charge in [-0.3, -0.25) is 4.79 Å². The van der Waals surface area contributed by atoms with Crippen molar-refractivity contribution < 1.29 is 9.53 Å². The molecule has 0 heterocycles. The molecule has 3 rings (SSSR count). The van der Waals surface area contributed by atoms with Crippen molar-refractivity contribution in [2.75, 3.05) is 6.61 Å². The SMILES string of the molecule is CC[C@H](COC(=O)C(c1ccccc1)c1ccccc1)NC1CCCCC1. The molecule has 27 heavy (non-hydrogen) atoms. The lowest BCUT2D eigenvalue weighted by Crippen LogP contribution is -2.42. The van der Waals surface area contributed by atoms with Crippen LogP contribution in [0.25, 0.3) is 0 Å². The number of ether oxygens (including phenoxy) is 1. The van der Waals surface area contributed by atoms with Crippen LogP contribution in [0.5, 0.6) is 0 Å². The molecule has 0 unspecified atom stereocenters. The molecule has 0 saturated heterocycles. The number of esters is 1. The molecule has 2 aromatic carbocycles. The molecule has 2 aromatic rings. The van der Waals surface area contributed by atoms with E-state index in [2.05, 4.69) is 12.2 Å². The van der Waals surface area contributed by atoms with E-state index in [4.69, 9.17) is 4.74 Å². The van der Waals surface area contributed by atoms with Gasteiger partial charge in [0, 0.05) is 12.1 Å². The topological polar surface area (TPSA) is 38.3 Å². The molecule has 1 N–H and O–H groups in total. The van der Waals surface area contributed by atoms with Crippen LogP contribution in [0.2, 0.25) is 0 Å². The average molecular weight is 366 g/mol. The van der Waals surface area contributed by atoms with Crippen LogP contribution in [-0.2, 0) is 9.53 Å². The summed E-state index contributed by atoms with van der Waals surface area (Å²) in [6, 6.07) is 20.6. The Kier molecular flexibility index (Phi) is 7.46. The summed E-state index contributed by atoms with van der Waals surface area (Å²) in [5, 5.41) is 3.70. The highest BCUT2D eigenvalue weighted by Crippen LogP contribution is 2.26. The highest BCUT2D eigenvalue weighted by atomic mass is 16.5. The molecule has 0 bridgehead atoms. The number of nitrogens with one attached hydrogen (secondary N) is 1. The monoisotopic (exact) mass is 365 g/mol. The smallest absolute Gasteiger partial charge is 0.317 e. The molecule has 1 atom stereocenters. The molecule has 3 nitrogen and oxygen atoms in total. The number of carbonyl (C=O) groups excluding carboxylic acids is 1. The Hall–Kier alpha value is -2.13. The fraction of sp³-hybridized carbons (Fsp3) is 0.458. The van der Waals surface area contributed by atoms with Crippen molar-refractivity contribution >= 4 is 5.97 Å². The van der Waals surface area contributed by atoms with Crippen molar-refractivity contribution in [2.45, 2.75) is 63.5 Å². The minimum absolute atomic E-state index is 0.170. The number of benzene rings is 2. The quantitative estimate of drug-likeness (QED) is 0.664. The summed E-state index contributed by atoms with van der Waals surface area (Å²) in [5.41, 5.74) is 1.95. The third-order valence-electron chi connectivity index (χ3n) is 5.50. The zero-order valence-corrected chi connectivity index (χ0v) is 16.3. The second-order valence-electron chi connectivity index (χ2n) is 7.49. The van der Waals surface area contributed by atoms with Gasteiger partial charge < -0.3 is 10.1 Å². The summed E-state index contributed by atoms with van der Waals surface area (Å²) in [5.74, 6) is -0.545. The zero-order chi connectivity index (χ0) is 18.9. The van der Waals surface area contributed by atoms with E-state index in [1.807, 2.05) is 60.7 Å². The first kappa shape index (κ1) is 19.6. The summed E-state index contributed by atoms with van der Waals surface area (Å²) < 4.78 is 5.81. The lowest BCUT2D eigenvalue weighted by atomic mass is 9.91. The van der Waals surface area contributed by atoms with E-state index in [9.17, 15) is 4.79 Å². The van der Waals surface area contributed by atoms with Crippen molar-refractivity contribution in [1.29, 1.82) is 0 Å². The summed E-state index contributed by atoms with van der Waals surface area (Å²) in [7, 11) is 0. The van der Waals surface area contributed by atoms with Gasteiger partial charge in [0.2, 0.25) is 0 Å². The predicted octanol–water partition coefficient (Wildman–Crippen LogP) is 5.06. The Bertz CT molecular complexity index is 641. The molecule has 3 heteroatoms. The van der Waals surface area contributed by atoms with E-state index >= 15 is 0 Å². The minimum Gasteiger partial charge on any atom is -0.463 e. The largest absolute Gasteiger partial charge is 0.463 e. The number of rotatable bonds is 8. The summed E-state index contributed by atoms with van der Waals surface area (Å²) in [6.45, 7) is 2.59. The van der Waals surface area contributed by atoms with E-state index in [0.717, 1.165) is 17.5 Å². The van der Waals surface area contributed by atoms with Crippen molar-refractivity contribution in [3.8, 4) is 0 Å². The second-order valence-corrected chi connectivity index (χ2v) is 7.49. The van der Waals surface area contributed by atoms with Crippen LogP contribution in [0.4, 0.5) is 0 Å². The second kappa shape index (κ2) is 10.3. The molecule has 144 valence electrons. The van der Waals surface area contributed by atoms with Gasteiger partial charge in [-0.1, -0.05) is 86.8 Å². The first-order valence-corrected chi connectivity index (χ1v) is 10.3. The maximum atomic E-state index is 13.0. The Labute approximate surface area is 163 Å². The van der Waals surface area contributed by atoms with Gasteiger partial charge in [-0.05, 0) is 30.4 Å². The molecular weight excluding hydrogens is 334 g/mol. The van der Waals surface area contributed by atoms with Gasteiger partial charge in [0.15, 0.2) is 0 Å². The Morgan fingerprint density at radius 3 is 2.04 bits per heavy atom. The zero-order valence-electron chi connectivity index (χ0n) is 16.3. The normalized spacial score (nSPS) is 16.2. The van der Waals surface area contributed by atoms with Crippen LogP contribution in [0, 0.1) is 0 Å². The highest BCUT2D eigenvalue weighted by Gasteiger charge is 2.25. The third kappa shape index (κ3) is 5.67. The molecular formula is C24H31NO2. The van der Waals surface area contributed by atoms with Crippen LogP contribution >= 0.6 is 0 Å². The van der Waals surface area contributed by atoms with Crippen LogP contribution < -0.4 is 5.32 Å². The van der Waals surface area contributed by atoms with Crippen molar-refractivity contribution in [3.63, 3.8) is 0 Å². The van der Waals surface area contributed by atoms with E-state index in [-0.39, 0.29) is 17.9 Å². The Morgan fingerprint density at radius 1 is 0.963 bits per heavy atom. The van der Waals surface area contributed by atoms with Crippen molar-refractivity contribution in [2.24, 2.45) is 0 Å². The van der Waals surface area contributed by atoms with E-state index in [1.165, 1.54) is 32.1 Å². The maximum absolute atomic E-state index is 13.0. The first-order chi connectivity index (χ1) is 13.3. The lowest BCUT2D eigenvalue weighted by Gasteiger charge is -2.28. The van der Waals surface area contributed by atoms with E-state index in [0.29, 0.717) is 12.6 Å². The molecule has 0 aliphatic heterocycles. The fourth-order valence-electron chi connectivity index (χ4n) is 3.91. The highest BCUT2D eigenvalue weighted by molar-refractivity contribution is 5.82. The molecule has 0 spiro atoms. The van der Waals surface area contributed by atoms with Gasteiger partial charge in [0.25, 0.3) is 0 Å². The Balaban J connectivity index is 1.65. The number of carbonyl (C=O) groups is 1. The molecule has 1 saturated carbocycles. The van der Waals surface area contributed by atoms with Crippen molar-refractivity contribution in [3.05, 3.63) is 71.8 Å². The predicted molar refractivity (Wildman–Crippen MR) is 110 cm³/mol. The lowest BCUT2D eigenvalue weighted by molar-refractivity contribution is -0.145. The third-order valence-corrected chi connectivity index (χ3v) is 5.50. The maximum Gasteiger partial charge on any atom is 0.317 e. The van der Waals surface area contributed by atoms with E-state index < -0.39 is 0 Å². The minimum atomic E-state index is -0.375. The molecule has 1 aliphatic carbocycles. The number of hydrogen-bond acceptors (Lipinski definition) is 3. The molecule has 0 amide bonds. The van der Waals surface area contributed by atoms with Crippen LogP contribution in [-0.4, -0.2) is 24.7 Å². The van der Waals surface area contributed by atoms with Gasteiger partial charge in [0.05, 0.1) is 0 Å². The van der Waals surface area contributed by atoms with Gasteiger partial charge in [0.1, 0.15) is 12.5 Å². The van der Waals surface area contributed by atoms with Crippen LogP contribution in [0.3, 0.4) is 0 Å². The average Bonchev–Trinajstić information content (AvgIpc) is 2.73. The standard InChI is InChI=1S/C24H31NO2/c1-2-21(25-22-16-10-5-11-17-22)18-27-24(26)23(19-12-6-3-7-13-19)20-14-8-4-9-15-20/h3-4,6-9,12-15,21-23,25H,2,5,10-11,16-18H2,1H3/t21-/m1/s1. The molecule has 0 radical (unpaired) electrons. The number of hydrogen-bond donors (Lipinski definition) is 1. The van der Waals surface area contributed by atoms with E-state index in [1.54, 1.807) is 0 Å². The first-order valence-electron chi connectivity index (χ1n) is 10.3. The van der Waals surface area contributed by atoms with Gasteiger partial charge >= 0.3 is 5.97 Å². The van der Waals surface area contributed by atoms with Gasteiger partial charge in [-0.2, -0.15) is 0 Å². The Morgan fingerprint density at radius 2 is 1.52 bits per heavy atom. The molecule has 1 aliphatic rings. The molecule has 1 fully saturated rings. The van der Waals surface area contributed by atoms with Gasteiger partial charge in [-0.15, -0.1) is 0 Å². The van der Waals surface area contributed by atoms with Crippen molar-refractivity contribution in [1.82, 2.24) is 5.32 Å². The molecule has 0 aromatic heterocycles. The summed E-state index contributed by atoms with van der Waals surface area (Å²) in [6.07, 6.45) is 7.39. The fourth-order valence-corrected chi connectivity index (χ4v) is 3.91. The summed E-state index contributed by atoms with van der Waals surface area (Å²) >= 11 is 0. The van der Waals surface area contributed by atoms with Crippen LogP contribution in [0.15, 0.2) is 60.7 Å².